The molecule has 0 saturated heterocycles. The van der Waals surface area contributed by atoms with Gasteiger partial charge in [-0.15, -0.1) is 11.8 Å². The molecule has 2 aromatic carbocycles. The molecule has 166 valence electrons. The molecule has 0 unspecified atom stereocenters. The van der Waals surface area contributed by atoms with E-state index in [-0.39, 0.29) is 22.3 Å². The molecule has 0 bridgehead atoms. The van der Waals surface area contributed by atoms with E-state index in [2.05, 4.69) is 4.74 Å². The molecular weight excluding hydrogens is 467 g/mol. The standard InChI is InChI=1S/C17H12F3NO8S2/c1-28-16(23)10-2-4-11(5-3-10)29-15(22)9-30-14-7-6-12(8-13(14)21(24)25)31(26,27)17(18,19)20/h2-8H,9H2,1H3. The summed E-state index contributed by atoms with van der Waals surface area (Å²) < 4.78 is 70.4. The number of nitro benzene ring substituents is 1. The molecule has 2 aromatic rings. The monoisotopic (exact) mass is 479 g/mol. The lowest BCUT2D eigenvalue weighted by Crippen LogP contribution is -2.23. The number of methoxy groups -OCH3 is 1. The number of halogens is 3. The van der Waals surface area contributed by atoms with Crippen molar-refractivity contribution < 1.29 is 45.6 Å². The lowest BCUT2D eigenvalue weighted by atomic mass is 10.2. The first kappa shape index (κ1) is 24.1. The van der Waals surface area contributed by atoms with Crippen molar-refractivity contribution in [2.24, 2.45) is 0 Å². The molecule has 0 aliphatic carbocycles. The molecule has 0 radical (unpaired) electrons. The van der Waals surface area contributed by atoms with Gasteiger partial charge in [0, 0.05) is 6.07 Å². The van der Waals surface area contributed by atoms with Crippen molar-refractivity contribution in [3.63, 3.8) is 0 Å². The lowest BCUT2D eigenvalue weighted by molar-refractivity contribution is -0.388. The number of hydrogen-bond donors (Lipinski definition) is 0. The summed E-state index contributed by atoms with van der Waals surface area (Å²) in [5.74, 6) is -1.85. The number of rotatable bonds is 7. The minimum Gasteiger partial charge on any atom is -0.465 e. The number of carbonyl (C=O) groups excluding carboxylic acids is 2. The van der Waals surface area contributed by atoms with Gasteiger partial charge in [-0.2, -0.15) is 13.2 Å². The molecule has 0 N–H and O–H groups in total. The molecule has 9 nitrogen and oxygen atoms in total. The molecular formula is C17H12F3NO8S2. The van der Waals surface area contributed by atoms with Crippen LogP contribution in [-0.4, -0.2) is 43.7 Å². The van der Waals surface area contributed by atoms with Crippen molar-refractivity contribution >= 4 is 39.2 Å². The normalized spacial score (nSPS) is 11.6. The van der Waals surface area contributed by atoms with E-state index in [4.69, 9.17) is 4.74 Å². The zero-order valence-corrected chi connectivity index (χ0v) is 17.0. The Morgan fingerprint density at radius 3 is 2.26 bits per heavy atom. The molecule has 0 spiro atoms. The molecule has 0 amide bonds. The van der Waals surface area contributed by atoms with Crippen LogP contribution in [0.15, 0.2) is 52.3 Å². The fourth-order valence-electron chi connectivity index (χ4n) is 2.14. The van der Waals surface area contributed by atoms with Crippen molar-refractivity contribution in [3.05, 3.63) is 58.1 Å². The minimum atomic E-state index is -5.77. The number of hydrogen-bond acceptors (Lipinski definition) is 9. The van der Waals surface area contributed by atoms with Crippen molar-refractivity contribution in [3.8, 4) is 5.75 Å². The van der Waals surface area contributed by atoms with Crippen LogP contribution in [0.2, 0.25) is 0 Å². The van der Waals surface area contributed by atoms with E-state index in [0.29, 0.717) is 17.8 Å². The van der Waals surface area contributed by atoms with Crippen LogP contribution >= 0.6 is 11.8 Å². The summed E-state index contributed by atoms with van der Waals surface area (Å²) in [6.45, 7) is 0. The molecule has 0 atom stereocenters. The Morgan fingerprint density at radius 2 is 1.74 bits per heavy atom. The number of benzene rings is 2. The van der Waals surface area contributed by atoms with Crippen LogP contribution in [0.4, 0.5) is 18.9 Å². The number of nitro groups is 1. The van der Waals surface area contributed by atoms with Gasteiger partial charge < -0.3 is 9.47 Å². The van der Waals surface area contributed by atoms with E-state index in [9.17, 15) is 41.3 Å². The lowest BCUT2D eigenvalue weighted by Gasteiger charge is -2.09. The van der Waals surface area contributed by atoms with Crippen LogP contribution in [-0.2, 0) is 19.4 Å². The Labute approximate surface area is 177 Å². The highest BCUT2D eigenvalue weighted by atomic mass is 32.2. The number of ether oxygens (including phenoxy) is 2. The summed E-state index contributed by atoms with van der Waals surface area (Å²) in [7, 11) is -4.58. The Kier molecular flexibility index (Phi) is 7.28. The topological polar surface area (TPSA) is 130 Å². The first-order chi connectivity index (χ1) is 14.4. The van der Waals surface area contributed by atoms with Crippen LogP contribution in [0.3, 0.4) is 0 Å². The van der Waals surface area contributed by atoms with E-state index in [1.807, 2.05) is 0 Å². The highest BCUT2D eigenvalue weighted by molar-refractivity contribution is 8.00. The van der Waals surface area contributed by atoms with Gasteiger partial charge in [0.25, 0.3) is 15.5 Å². The zero-order chi connectivity index (χ0) is 23.4. The van der Waals surface area contributed by atoms with Crippen LogP contribution < -0.4 is 4.74 Å². The molecule has 31 heavy (non-hydrogen) atoms. The van der Waals surface area contributed by atoms with Crippen LogP contribution in [0, 0.1) is 10.1 Å². The van der Waals surface area contributed by atoms with E-state index < -0.39 is 48.5 Å². The number of alkyl halides is 3. The average molecular weight is 479 g/mol. The van der Waals surface area contributed by atoms with Crippen LogP contribution in [0.25, 0.3) is 0 Å². The Bertz CT molecular complexity index is 1120. The summed E-state index contributed by atoms with van der Waals surface area (Å²) in [5, 5.41) is 11.2. The smallest absolute Gasteiger partial charge is 0.465 e. The molecule has 0 aliphatic rings. The molecule has 0 fully saturated rings. The zero-order valence-electron chi connectivity index (χ0n) is 15.4. The first-order valence-electron chi connectivity index (χ1n) is 7.98. The van der Waals surface area contributed by atoms with Crippen molar-refractivity contribution in [1.82, 2.24) is 0 Å². The minimum absolute atomic E-state index is 0.0689. The van der Waals surface area contributed by atoms with Gasteiger partial charge in [-0.25, -0.2) is 13.2 Å². The number of carbonyl (C=O) groups is 2. The Hall–Kier alpha value is -3.13. The Balaban J connectivity index is 2.13. The second-order valence-corrected chi connectivity index (χ2v) is 8.57. The summed E-state index contributed by atoms with van der Waals surface area (Å²) in [6.07, 6.45) is 0. The average Bonchev–Trinajstić information content (AvgIpc) is 2.71. The summed E-state index contributed by atoms with van der Waals surface area (Å²) in [4.78, 5) is 31.9. The largest absolute Gasteiger partial charge is 0.501 e. The van der Waals surface area contributed by atoms with Gasteiger partial charge in [0.05, 0.1) is 33.1 Å². The number of nitrogens with zero attached hydrogens (tertiary/aromatic N) is 1. The third-order valence-corrected chi connectivity index (χ3v) is 6.11. The molecule has 0 heterocycles. The molecule has 14 heteroatoms. The van der Waals surface area contributed by atoms with Crippen LogP contribution in [0.5, 0.6) is 5.75 Å². The van der Waals surface area contributed by atoms with Gasteiger partial charge in [-0.05, 0) is 36.4 Å². The summed E-state index contributed by atoms with van der Waals surface area (Å²) >= 11 is 0.575. The van der Waals surface area contributed by atoms with Gasteiger partial charge >= 0.3 is 17.4 Å². The SMILES string of the molecule is COC(=O)c1ccc(OC(=O)CSc2ccc(S(=O)(=O)C(F)(F)F)cc2[N+](=O)[O-])cc1. The van der Waals surface area contributed by atoms with Gasteiger partial charge in [-0.3, -0.25) is 14.9 Å². The first-order valence-corrected chi connectivity index (χ1v) is 10.5. The van der Waals surface area contributed by atoms with Crippen molar-refractivity contribution in [2.45, 2.75) is 15.3 Å². The molecule has 0 aromatic heterocycles. The van der Waals surface area contributed by atoms with Gasteiger partial charge in [0.2, 0.25) is 0 Å². The summed E-state index contributed by atoms with van der Waals surface area (Å²) in [6, 6.07) is 6.96. The van der Waals surface area contributed by atoms with Crippen molar-refractivity contribution in [2.75, 3.05) is 12.9 Å². The predicted molar refractivity (Wildman–Crippen MR) is 100 cm³/mol. The van der Waals surface area contributed by atoms with Crippen LogP contribution in [0.1, 0.15) is 10.4 Å². The highest BCUT2D eigenvalue weighted by Gasteiger charge is 2.47. The van der Waals surface area contributed by atoms with E-state index in [1.165, 1.54) is 31.4 Å². The molecule has 0 saturated carbocycles. The quantitative estimate of drug-likeness (QED) is 0.193. The molecule has 0 aliphatic heterocycles. The fourth-order valence-corrected chi connectivity index (χ4v) is 3.70. The second-order valence-electron chi connectivity index (χ2n) is 5.61. The summed E-state index contributed by atoms with van der Waals surface area (Å²) in [5.41, 5.74) is -6.32. The third kappa shape index (κ3) is 5.73. The maximum absolute atomic E-state index is 12.7. The second kappa shape index (κ2) is 9.34. The highest BCUT2D eigenvalue weighted by Crippen LogP contribution is 2.36. The molecule has 2 rings (SSSR count). The van der Waals surface area contributed by atoms with Gasteiger partial charge in [0.1, 0.15) is 5.75 Å². The maximum atomic E-state index is 12.7. The van der Waals surface area contributed by atoms with Crippen molar-refractivity contribution in [1.29, 1.82) is 0 Å². The Morgan fingerprint density at radius 1 is 1.13 bits per heavy atom. The van der Waals surface area contributed by atoms with Gasteiger partial charge in [0.15, 0.2) is 0 Å². The van der Waals surface area contributed by atoms with Gasteiger partial charge in [-0.1, -0.05) is 0 Å². The predicted octanol–water partition coefficient (Wildman–Crippen LogP) is 3.37. The van der Waals surface area contributed by atoms with E-state index in [0.717, 1.165) is 6.07 Å². The van der Waals surface area contributed by atoms with E-state index in [1.54, 1.807) is 0 Å². The number of thioether (sulfide) groups is 1. The third-order valence-electron chi connectivity index (χ3n) is 3.59. The maximum Gasteiger partial charge on any atom is 0.501 e. The number of esters is 2. The fraction of sp³-hybridized carbons (Fsp3) is 0.176. The van der Waals surface area contributed by atoms with E-state index >= 15 is 0 Å². The number of sulfone groups is 1.